The van der Waals surface area contributed by atoms with Crippen LogP contribution in [0.4, 0.5) is 13.2 Å². The molecule has 18 heavy (non-hydrogen) atoms. The monoisotopic (exact) mass is 260 g/mol. The van der Waals surface area contributed by atoms with Crippen molar-refractivity contribution in [3.8, 4) is 5.75 Å². The fraction of sp³-hybridized carbons (Fsp3) is 0.417. The van der Waals surface area contributed by atoms with Crippen LogP contribution in [0, 0.1) is 5.92 Å². The second kappa shape index (κ2) is 4.97. The number of halogens is 3. The lowest BCUT2D eigenvalue weighted by Gasteiger charge is -2.10. The lowest BCUT2D eigenvalue weighted by Crippen LogP contribution is -2.17. The smallest absolute Gasteiger partial charge is 0.406 e. The normalized spacial score (nSPS) is 19.8. The molecule has 0 amide bonds. The molecule has 98 valence electrons. The van der Waals surface area contributed by atoms with Crippen molar-refractivity contribution in [2.75, 3.05) is 13.2 Å². The average Bonchev–Trinajstić information content (AvgIpc) is 2.80. The van der Waals surface area contributed by atoms with Crippen LogP contribution in [-0.2, 0) is 4.74 Å². The summed E-state index contributed by atoms with van der Waals surface area (Å²) in [6, 6.07) is 4.94. The van der Waals surface area contributed by atoms with Crippen LogP contribution >= 0.6 is 0 Å². The van der Waals surface area contributed by atoms with E-state index in [1.54, 1.807) is 0 Å². The van der Waals surface area contributed by atoms with E-state index in [1.807, 2.05) is 0 Å². The van der Waals surface area contributed by atoms with Crippen molar-refractivity contribution in [1.29, 1.82) is 0 Å². The fourth-order valence-corrected chi connectivity index (χ4v) is 1.80. The lowest BCUT2D eigenvalue weighted by atomic mass is 9.97. The highest BCUT2D eigenvalue weighted by Gasteiger charge is 2.31. The number of rotatable bonds is 3. The number of carbonyl (C=O) groups excluding carboxylic acids is 1. The van der Waals surface area contributed by atoms with Crippen LogP contribution in [0.1, 0.15) is 16.8 Å². The molecule has 0 N–H and O–H groups in total. The molecule has 0 bridgehead atoms. The van der Waals surface area contributed by atoms with Gasteiger partial charge in [-0.25, -0.2) is 0 Å². The molecule has 1 unspecified atom stereocenters. The second-order valence-electron chi connectivity index (χ2n) is 4.00. The van der Waals surface area contributed by atoms with Crippen molar-refractivity contribution in [1.82, 2.24) is 0 Å². The van der Waals surface area contributed by atoms with Crippen molar-refractivity contribution in [2.24, 2.45) is 5.92 Å². The van der Waals surface area contributed by atoms with Gasteiger partial charge >= 0.3 is 6.36 Å². The molecule has 1 aromatic carbocycles. The zero-order chi connectivity index (χ0) is 13.2. The summed E-state index contributed by atoms with van der Waals surface area (Å²) in [6.07, 6.45) is -4.07. The third kappa shape index (κ3) is 3.22. The second-order valence-corrected chi connectivity index (χ2v) is 4.00. The van der Waals surface area contributed by atoms with E-state index in [1.165, 1.54) is 12.1 Å². The molecule has 1 fully saturated rings. The molecular formula is C12H11F3O3. The molecular weight excluding hydrogens is 249 g/mol. The molecule has 1 saturated heterocycles. The fourth-order valence-electron chi connectivity index (χ4n) is 1.80. The van der Waals surface area contributed by atoms with Gasteiger partial charge in [-0.1, -0.05) is 0 Å². The van der Waals surface area contributed by atoms with E-state index in [9.17, 15) is 18.0 Å². The Morgan fingerprint density at radius 3 is 2.44 bits per heavy atom. The van der Waals surface area contributed by atoms with Crippen LogP contribution in [-0.4, -0.2) is 25.4 Å². The summed E-state index contributed by atoms with van der Waals surface area (Å²) in [5.41, 5.74) is 0.375. The van der Waals surface area contributed by atoms with E-state index in [0.717, 1.165) is 12.1 Å². The average molecular weight is 260 g/mol. The minimum Gasteiger partial charge on any atom is -0.406 e. The van der Waals surface area contributed by atoms with E-state index in [0.29, 0.717) is 25.2 Å². The Balaban J connectivity index is 2.05. The molecule has 1 aromatic rings. The molecule has 1 heterocycles. The number of hydrogen-bond donors (Lipinski definition) is 0. The Kier molecular flexibility index (Phi) is 3.56. The lowest BCUT2D eigenvalue weighted by molar-refractivity contribution is -0.274. The van der Waals surface area contributed by atoms with Crippen LogP contribution in [0.15, 0.2) is 24.3 Å². The predicted molar refractivity (Wildman–Crippen MR) is 56.4 cm³/mol. The topological polar surface area (TPSA) is 35.5 Å². The molecule has 1 aliphatic rings. The Bertz CT molecular complexity index is 419. The van der Waals surface area contributed by atoms with Gasteiger partial charge < -0.3 is 9.47 Å². The summed E-state index contributed by atoms with van der Waals surface area (Å²) in [4.78, 5) is 11.9. The largest absolute Gasteiger partial charge is 0.573 e. The van der Waals surface area contributed by atoms with Crippen LogP contribution in [0.5, 0.6) is 5.75 Å². The van der Waals surface area contributed by atoms with Crippen molar-refractivity contribution in [2.45, 2.75) is 12.8 Å². The van der Waals surface area contributed by atoms with Gasteiger partial charge in [-0.15, -0.1) is 13.2 Å². The highest BCUT2D eigenvalue weighted by Crippen LogP contribution is 2.24. The van der Waals surface area contributed by atoms with Crippen LogP contribution < -0.4 is 4.74 Å². The van der Waals surface area contributed by atoms with Crippen LogP contribution in [0.25, 0.3) is 0 Å². The molecule has 0 aliphatic carbocycles. The highest BCUT2D eigenvalue weighted by molar-refractivity contribution is 5.98. The minimum atomic E-state index is -4.72. The SMILES string of the molecule is O=C(c1ccc(OC(F)(F)F)cc1)C1CCOC1. The zero-order valence-corrected chi connectivity index (χ0v) is 9.37. The first-order valence-electron chi connectivity index (χ1n) is 5.43. The summed E-state index contributed by atoms with van der Waals surface area (Å²) in [5.74, 6) is -0.632. The maximum absolute atomic E-state index is 11.9. The quantitative estimate of drug-likeness (QED) is 0.784. The molecule has 6 heteroatoms. The number of hydrogen-bond acceptors (Lipinski definition) is 3. The Morgan fingerprint density at radius 1 is 1.28 bits per heavy atom. The van der Waals surface area contributed by atoms with Crippen LogP contribution in [0.2, 0.25) is 0 Å². The number of ketones is 1. The van der Waals surface area contributed by atoms with Crippen molar-refractivity contribution >= 4 is 5.78 Å². The van der Waals surface area contributed by atoms with E-state index < -0.39 is 6.36 Å². The van der Waals surface area contributed by atoms with E-state index in [-0.39, 0.29) is 17.5 Å². The third-order valence-electron chi connectivity index (χ3n) is 2.67. The maximum Gasteiger partial charge on any atom is 0.573 e. The van der Waals surface area contributed by atoms with Crippen molar-refractivity contribution < 1.29 is 27.4 Å². The summed E-state index contributed by atoms with van der Waals surface area (Å²) in [5, 5.41) is 0. The third-order valence-corrected chi connectivity index (χ3v) is 2.67. The Morgan fingerprint density at radius 2 is 1.94 bits per heavy atom. The summed E-state index contributed by atoms with van der Waals surface area (Å²) in [6.45, 7) is 0.922. The predicted octanol–water partition coefficient (Wildman–Crippen LogP) is 2.80. The molecule has 3 nitrogen and oxygen atoms in total. The van der Waals surface area contributed by atoms with E-state index in [2.05, 4.69) is 4.74 Å². The van der Waals surface area contributed by atoms with Gasteiger partial charge in [0.2, 0.25) is 0 Å². The van der Waals surface area contributed by atoms with Gasteiger partial charge in [-0.3, -0.25) is 4.79 Å². The molecule has 1 aliphatic heterocycles. The van der Waals surface area contributed by atoms with Gasteiger partial charge in [0, 0.05) is 18.1 Å². The van der Waals surface area contributed by atoms with E-state index in [4.69, 9.17) is 4.74 Å². The first-order valence-corrected chi connectivity index (χ1v) is 5.43. The molecule has 0 aromatic heterocycles. The molecule has 0 saturated carbocycles. The number of Topliss-reactive ketones (excluding diaryl/α,β-unsaturated/α-hetero) is 1. The number of alkyl halides is 3. The van der Waals surface area contributed by atoms with Crippen molar-refractivity contribution in [3.63, 3.8) is 0 Å². The first-order chi connectivity index (χ1) is 8.46. The van der Waals surface area contributed by atoms with Gasteiger partial charge in [0.1, 0.15) is 5.75 Å². The van der Waals surface area contributed by atoms with Gasteiger partial charge in [0.25, 0.3) is 0 Å². The highest BCUT2D eigenvalue weighted by atomic mass is 19.4. The van der Waals surface area contributed by atoms with Gasteiger partial charge in [-0.2, -0.15) is 0 Å². The van der Waals surface area contributed by atoms with Gasteiger partial charge in [0.15, 0.2) is 5.78 Å². The zero-order valence-electron chi connectivity index (χ0n) is 9.37. The number of carbonyl (C=O) groups is 1. The molecule has 1 atom stereocenters. The summed E-state index contributed by atoms with van der Waals surface area (Å²) >= 11 is 0. The molecule has 0 radical (unpaired) electrons. The summed E-state index contributed by atoms with van der Waals surface area (Å²) in [7, 11) is 0. The number of benzene rings is 1. The van der Waals surface area contributed by atoms with Crippen LogP contribution in [0.3, 0.4) is 0 Å². The van der Waals surface area contributed by atoms with E-state index >= 15 is 0 Å². The minimum absolute atomic E-state index is 0.106. The standard InChI is InChI=1S/C12H11F3O3/c13-12(14,15)18-10-3-1-8(2-4-10)11(16)9-5-6-17-7-9/h1-4,9H,5-7H2. The molecule has 2 rings (SSSR count). The first kappa shape index (κ1) is 12.9. The van der Waals surface area contributed by atoms with Gasteiger partial charge in [0.05, 0.1) is 6.61 Å². The summed E-state index contributed by atoms with van der Waals surface area (Å²) < 4.78 is 44.6. The van der Waals surface area contributed by atoms with Crippen molar-refractivity contribution in [3.05, 3.63) is 29.8 Å². The van der Waals surface area contributed by atoms with Gasteiger partial charge in [-0.05, 0) is 30.7 Å². The molecule has 0 spiro atoms. The Labute approximate surface area is 102 Å². The Hall–Kier alpha value is -1.56. The maximum atomic E-state index is 11.9. The number of ether oxygens (including phenoxy) is 2.